The van der Waals surface area contributed by atoms with E-state index in [-0.39, 0.29) is 17.9 Å². The Morgan fingerprint density at radius 1 is 1.12 bits per heavy atom. The number of carboxylic acids is 1. The van der Waals surface area contributed by atoms with Gasteiger partial charge in [-0.15, -0.1) is 0 Å². The normalized spacial score (nSPS) is 13.2. The third-order valence-electron chi connectivity index (χ3n) is 6.27. The van der Waals surface area contributed by atoms with E-state index in [2.05, 4.69) is 5.32 Å². The van der Waals surface area contributed by atoms with E-state index in [1.54, 1.807) is 38.3 Å². The Balaban J connectivity index is 1.74. The summed E-state index contributed by atoms with van der Waals surface area (Å²) in [5.74, 6) is -1.91. The SMILES string of the molecule is CC[C@@H](C)[C@H](NC(=O)Cc1c(C)c2cc3c(-c4ccc(Cl)cc4)coc3cc2oc1=O)C(=O)O. The highest BCUT2D eigenvalue weighted by Gasteiger charge is 2.26. The van der Waals surface area contributed by atoms with E-state index in [0.29, 0.717) is 33.6 Å². The predicted octanol–water partition coefficient (Wildman–Crippen LogP) is 5.33. The number of nitrogens with one attached hydrogen (secondary N) is 1. The van der Waals surface area contributed by atoms with Crippen molar-refractivity contribution in [2.24, 2.45) is 5.92 Å². The lowest BCUT2D eigenvalue weighted by atomic mass is 9.97. The first-order valence-corrected chi connectivity index (χ1v) is 11.3. The lowest BCUT2D eigenvalue weighted by molar-refractivity contribution is -0.143. The molecule has 0 aliphatic rings. The minimum atomic E-state index is -1.11. The van der Waals surface area contributed by atoms with Crippen LogP contribution in [0.15, 0.2) is 56.3 Å². The molecule has 0 fully saturated rings. The minimum Gasteiger partial charge on any atom is -0.480 e. The number of furan rings is 1. The molecule has 0 unspecified atom stereocenters. The van der Waals surface area contributed by atoms with Crippen molar-refractivity contribution >= 4 is 45.4 Å². The third-order valence-corrected chi connectivity index (χ3v) is 6.52. The first-order valence-electron chi connectivity index (χ1n) is 10.9. The Kier molecular flexibility index (Phi) is 6.48. The number of benzene rings is 2. The maximum Gasteiger partial charge on any atom is 0.340 e. The molecule has 0 aliphatic heterocycles. The van der Waals surface area contributed by atoms with Crippen LogP contribution >= 0.6 is 11.6 Å². The number of hydrogen-bond acceptors (Lipinski definition) is 5. The summed E-state index contributed by atoms with van der Waals surface area (Å²) in [6, 6.07) is 9.87. The maximum absolute atomic E-state index is 12.7. The van der Waals surface area contributed by atoms with E-state index in [1.807, 2.05) is 25.1 Å². The quantitative estimate of drug-likeness (QED) is 0.345. The molecule has 7 nitrogen and oxygen atoms in total. The van der Waals surface area contributed by atoms with E-state index in [4.69, 9.17) is 20.4 Å². The highest BCUT2D eigenvalue weighted by atomic mass is 35.5. The second-order valence-corrected chi connectivity index (χ2v) is 8.88. The number of hydrogen-bond donors (Lipinski definition) is 2. The molecule has 0 spiro atoms. The summed E-state index contributed by atoms with van der Waals surface area (Å²) in [7, 11) is 0. The highest BCUT2D eigenvalue weighted by molar-refractivity contribution is 6.30. The standard InChI is InChI=1S/C26H24ClNO6/c1-4-13(2)24(25(30)31)28-23(29)10-18-14(3)17-9-19-20(15-5-7-16(27)8-6-15)12-33-21(19)11-22(17)34-26(18)32/h5-9,11-13,24H,4,10H2,1-3H3,(H,28,29)(H,30,31)/t13-,24+/m1/s1. The number of rotatable bonds is 7. The molecule has 2 N–H and O–H groups in total. The van der Waals surface area contributed by atoms with Crippen molar-refractivity contribution in [3.63, 3.8) is 0 Å². The van der Waals surface area contributed by atoms with Crippen molar-refractivity contribution < 1.29 is 23.5 Å². The van der Waals surface area contributed by atoms with Gasteiger partial charge in [0.1, 0.15) is 17.2 Å². The zero-order chi connectivity index (χ0) is 24.6. The maximum atomic E-state index is 12.7. The average molecular weight is 482 g/mol. The predicted molar refractivity (Wildman–Crippen MR) is 130 cm³/mol. The van der Waals surface area contributed by atoms with E-state index in [9.17, 15) is 19.5 Å². The molecule has 2 heterocycles. The van der Waals surface area contributed by atoms with Crippen LogP contribution < -0.4 is 10.9 Å². The molecule has 4 rings (SSSR count). The van der Waals surface area contributed by atoms with Crippen molar-refractivity contribution in [2.45, 2.75) is 39.7 Å². The summed E-state index contributed by atoms with van der Waals surface area (Å²) >= 11 is 6.01. The van der Waals surface area contributed by atoms with Crippen molar-refractivity contribution in [1.82, 2.24) is 5.32 Å². The van der Waals surface area contributed by atoms with Crippen molar-refractivity contribution in [3.05, 3.63) is 69.2 Å². The molecular formula is C26H24ClNO6. The molecule has 4 aromatic rings. The van der Waals surface area contributed by atoms with Crippen LogP contribution in [0.25, 0.3) is 33.1 Å². The lowest BCUT2D eigenvalue weighted by Crippen LogP contribution is -2.45. The van der Waals surface area contributed by atoms with E-state index in [1.165, 1.54) is 0 Å². The highest BCUT2D eigenvalue weighted by Crippen LogP contribution is 2.35. The van der Waals surface area contributed by atoms with Crippen LogP contribution in [0.3, 0.4) is 0 Å². The number of aliphatic carboxylic acids is 1. The number of aryl methyl sites for hydroxylation is 1. The van der Waals surface area contributed by atoms with Crippen LogP contribution in [0, 0.1) is 12.8 Å². The molecule has 2 aromatic heterocycles. The van der Waals surface area contributed by atoms with Gasteiger partial charge in [0.15, 0.2) is 0 Å². The Morgan fingerprint density at radius 3 is 2.47 bits per heavy atom. The van der Waals surface area contributed by atoms with Gasteiger partial charge in [0.05, 0.1) is 18.2 Å². The fourth-order valence-electron chi connectivity index (χ4n) is 4.04. The molecule has 0 aliphatic carbocycles. The topological polar surface area (TPSA) is 110 Å². The molecular weight excluding hydrogens is 458 g/mol. The molecule has 8 heteroatoms. The van der Waals surface area contributed by atoms with Gasteiger partial charge in [-0.05, 0) is 42.2 Å². The molecule has 0 saturated carbocycles. The Hall–Kier alpha value is -3.58. The Labute approximate surface area is 200 Å². The van der Waals surface area contributed by atoms with Gasteiger partial charge in [0.25, 0.3) is 0 Å². The molecule has 0 radical (unpaired) electrons. The fraction of sp³-hybridized carbons (Fsp3) is 0.269. The molecule has 1 amide bonds. The van der Waals surface area contributed by atoms with Crippen LogP contribution in [0.5, 0.6) is 0 Å². The molecule has 0 bridgehead atoms. The van der Waals surface area contributed by atoms with Crippen LogP contribution in [0.2, 0.25) is 5.02 Å². The van der Waals surface area contributed by atoms with Gasteiger partial charge in [0.2, 0.25) is 5.91 Å². The van der Waals surface area contributed by atoms with Gasteiger partial charge in [-0.3, -0.25) is 4.79 Å². The summed E-state index contributed by atoms with van der Waals surface area (Å²) in [4.78, 5) is 36.9. The van der Waals surface area contributed by atoms with E-state index < -0.39 is 23.5 Å². The fourth-order valence-corrected chi connectivity index (χ4v) is 4.16. The van der Waals surface area contributed by atoms with Crippen LogP contribution in [0.1, 0.15) is 31.4 Å². The molecule has 2 aromatic carbocycles. The minimum absolute atomic E-state index is 0.189. The number of carbonyl (C=O) groups is 2. The molecule has 176 valence electrons. The van der Waals surface area contributed by atoms with E-state index >= 15 is 0 Å². The first-order chi connectivity index (χ1) is 16.2. The smallest absolute Gasteiger partial charge is 0.340 e. The van der Waals surface area contributed by atoms with Crippen LogP contribution in [-0.2, 0) is 16.0 Å². The number of halogens is 1. The van der Waals surface area contributed by atoms with Gasteiger partial charge in [-0.1, -0.05) is 44.0 Å². The van der Waals surface area contributed by atoms with Gasteiger partial charge < -0.3 is 19.3 Å². The Bertz CT molecular complexity index is 1450. The van der Waals surface area contributed by atoms with Gasteiger partial charge in [0, 0.05) is 27.4 Å². The van der Waals surface area contributed by atoms with Crippen molar-refractivity contribution in [1.29, 1.82) is 0 Å². The lowest BCUT2D eigenvalue weighted by Gasteiger charge is -2.20. The second kappa shape index (κ2) is 9.35. The molecule has 2 atom stereocenters. The van der Waals surface area contributed by atoms with Crippen LogP contribution in [-0.4, -0.2) is 23.0 Å². The Morgan fingerprint density at radius 2 is 1.82 bits per heavy atom. The second-order valence-electron chi connectivity index (χ2n) is 8.44. The summed E-state index contributed by atoms with van der Waals surface area (Å²) in [5, 5.41) is 14.1. The third kappa shape index (κ3) is 4.43. The van der Waals surface area contributed by atoms with Crippen molar-refractivity contribution in [3.8, 4) is 11.1 Å². The zero-order valence-corrected chi connectivity index (χ0v) is 19.7. The number of carboxylic acid groups (broad SMARTS) is 1. The number of fused-ring (bicyclic) bond motifs is 2. The average Bonchev–Trinajstić information content (AvgIpc) is 3.21. The first kappa shape index (κ1) is 23.6. The van der Waals surface area contributed by atoms with E-state index in [0.717, 1.165) is 16.5 Å². The van der Waals surface area contributed by atoms with Crippen LogP contribution in [0.4, 0.5) is 0 Å². The molecule has 34 heavy (non-hydrogen) atoms. The summed E-state index contributed by atoms with van der Waals surface area (Å²) in [5.41, 5.74) is 2.83. The number of carbonyl (C=O) groups excluding carboxylic acids is 1. The monoisotopic (exact) mass is 481 g/mol. The number of amides is 1. The van der Waals surface area contributed by atoms with Crippen molar-refractivity contribution in [2.75, 3.05) is 0 Å². The summed E-state index contributed by atoms with van der Waals surface area (Å²) < 4.78 is 11.2. The largest absolute Gasteiger partial charge is 0.480 e. The molecule has 0 saturated heterocycles. The van der Waals surface area contributed by atoms with Gasteiger partial charge in [-0.2, -0.15) is 0 Å². The summed E-state index contributed by atoms with van der Waals surface area (Å²) in [6.45, 7) is 5.35. The van der Waals surface area contributed by atoms with Gasteiger partial charge in [-0.25, -0.2) is 9.59 Å². The van der Waals surface area contributed by atoms with Gasteiger partial charge >= 0.3 is 11.6 Å². The summed E-state index contributed by atoms with van der Waals surface area (Å²) in [6.07, 6.45) is 1.94. The zero-order valence-electron chi connectivity index (χ0n) is 19.0.